The number of aliphatic imine (C=N–C) groups is 1. The number of allylic oxidation sites excluding steroid dienone is 3. The normalized spacial score (nSPS) is 17.2. The fraction of sp³-hybridized carbons (Fsp3) is 0.375. The molecule has 0 N–H and O–H groups in total. The van der Waals surface area contributed by atoms with Gasteiger partial charge >= 0.3 is 0 Å². The molecule has 0 radical (unpaired) electrons. The van der Waals surface area contributed by atoms with Crippen molar-refractivity contribution in [3.63, 3.8) is 0 Å². The summed E-state index contributed by atoms with van der Waals surface area (Å²) < 4.78 is 0. The van der Waals surface area contributed by atoms with Crippen LogP contribution in [0.1, 0.15) is 13.3 Å². The lowest BCUT2D eigenvalue weighted by atomic mass is 10.3. The molecule has 1 heterocycles. The van der Waals surface area contributed by atoms with Gasteiger partial charge in [-0.15, -0.1) is 0 Å². The van der Waals surface area contributed by atoms with Crippen LogP contribution in [0.4, 0.5) is 0 Å². The monoisotopic (exact) mass is 121 g/mol. The SMILES string of the molecule is CCC1=NCC=CC=C1. The van der Waals surface area contributed by atoms with Crippen LogP contribution in [-0.2, 0) is 0 Å². The fourth-order valence-corrected chi connectivity index (χ4v) is 0.758. The van der Waals surface area contributed by atoms with Crippen molar-refractivity contribution in [2.24, 2.45) is 4.99 Å². The molecular weight excluding hydrogens is 110 g/mol. The van der Waals surface area contributed by atoms with Gasteiger partial charge in [-0.05, 0) is 12.5 Å². The Morgan fingerprint density at radius 3 is 3.22 bits per heavy atom. The molecule has 0 saturated carbocycles. The first kappa shape index (κ1) is 6.27. The van der Waals surface area contributed by atoms with E-state index in [1.54, 1.807) is 0 Å². The molecule has 48 valence electrons. The van der Waals surface area contributed by atoms with E-state index in [9.17, 15) is 0 Å². The zero-order chi connectivity index (χ0) is 6.53. The van der Waals surface area contributed by atoms with Gasteiger partial charge < -0.3 is 0 Å². The third-order valence-corrected chi connectivity index (χ3v) is 1.30. The Hall–Kier alpha value is -0.850. The van der Waals surface area contributed by atoms with Crippen LogP contribution in [0.15, 0.2) is 29.3 Å². The second-order valence-electron chi connectivity index (χ2n) is 1.97. The number of hydrogen-bond donors (Lipinski definition) is 0. The Bertz CT molecular complexity index is 163. The molecule has 0 unspecified atom stereocenters. The molecule has 0 saturated heterocycles. The molecule has 1 aliphatic rings. The molecule has 0 amide bonds. The summed E-state index contributed by atoms with van der Waals surface area (Å²) in [6, 6.07) is 0. The van der Waals surface area contributed by atoms with Crippen LogP contribution in [0.5, 0.6) is 0 Å². The average molecular weight is 121 g/mol. The van der Waals surface area contributed by atoms with Gasteiger partial charge in [0.05, 0.1) is 6.54 Å². The first-order chi connectivity index (χ1) is 4.43. The Kier molecular flexibility index (Phi) is 2.25. The van der Waals surface area contributed by atoms with Gasteiger partial charge in [-0.25, -0.2) is 0 Å². The van der Waals surface area contributed by atoms with Gasteiger partial charge in [0.15, 0.2) is 0 Å². The maximum Gasteiger partial charge on any atom is 0.0576 e. The van der Waals surface area contributed by atoms with Crippen LogP contribution in [0, 0.1) is 0 Å². The van der Waals surface area contributed by atoms with Crippen molar-refractivity contribution in [1.29, 1.82) is 0 Å². The molecule has 1 aliphatic heterocycles. The Morgan fingerprint density at radius 2 is 2.44 bits per heavy atom. The summed E-state index contributed by atoms with van der Waals surface area (Å²) >= 11 is 0. The summed E-state index contributed by atoms with van der Waals surface area (Å²) in [6.07, 6.45) is 9.22. The largest absolute Gasteiger partial charge is 0.286 e. The molecule has 0 aliphatic carbocycles. The molecule has 0 fully saturated rings. The Balaban J connectivity index is 2.63. The molecule has 9 heavy (non-hydrogen) atoms. The lowest BCUT2D eigenvalue weighted by Crippen LogP contribution is -1.89. The predicted octanol–water partition coefficient (Wildman–Crippen LogP) is 1.96. The highest BCUT2D eigenvalue weighted by Crippen LogP contribution is 1.94. The van der Waals surface area contributed by atoms with Crippen molar-refractivity contribution in [3.8, 4) is 0 Å². The lowest BCUT2D eigenvalue weighted by molar-refractivity contribution is 1.19. The van der Waals surface area contributed by atoms with Crippen LogP contribution in [-0.4, -0.2) is 12.3 Å². The number of nitrogens with zero attached hydrogens (tertiary/aromatic N) is 1. The van der Waals surface area contributed by atoms with Crippen LogP contribution in [0.25, 0.3) is 0 Å². The summed E-state index contributed by atoms with van der Waals surface area (Å²) in [5.74, 6) is 0. The fourth-order valence-electron chi connectivity index (χ4n) is 0.758. The van der Waals surface area contributed by atoms with E-state index in [4.69, 9.17) is 0 Å². The van der Waals surface area contributed by atoms with Gasteiger partial charge in [-0.1, -0.05) is 25.2 Å². The maximum atomic E-state index is 4.28. The summed E-state index contributed by atoms with van der Waals surface area (Å²) in [7, 11) is 0. The van der Waals surface area contributed by atoms with Crippen molar-refractivity contribution < 1.29 is 0 Å². The molecule has 0 aromatic rings. The van der Waals surface area contributed by atoms with E-state index in [0.29, 0.717) is 0 Å². The van der Waals surface area contributed by atoms with Crippen molar-refractivity contribution in [2.45, 2.75) is 13.3 Å². The van der Waals surface area contributed by atoms with Crippen molar-refractivity contribution in [3.05, 3.63) is 24.3 Å². The number of hydrogen-bond acceptors (Lipinski definition) is 1. The van der Waals surface area contributed by atoms with Crippen LogP contribution in [0.3, 0.4) is 0 Å². The van der Waals surface area contributed by atoms with Gasteiger partial charge in [0.2, 0.25) is 0 Å². The zero-order valence-corrected chi connectivity index (χ0v) is 5.67. The van der Waals surface area contributed by atoms with Gasteiger partial charge in [0, 0.05) is 5.71 Å². The summed E-state index contributed by atoms with van der Waals surface area (Å²) in [4.78, 5) is 4.28. The second-order valence-corrected chi connectivity index (χ2v) is 1.97. The third kappa shape index (κ3) is 1.84. The minimum Gasteiger partial charge on any atom is -0.286 e. The topological polar surface area (TPSA) is 12.4 Å². The van der Waals surface area contributed by atoms with E-state index >= 15 is 0 Å². The molecule has 1 rings (SSSR count). The Labute approximate surface area is 55.8 Å². The molecule has 0 aromatic carbocycles. The van der Waals surface area contributed by atoms with Crippen molar-refractivity contribution in [1.82, 2.24) is 0 Å². The van der Waals surface area contributed by atoms with E-state index in [-0.39, 0.29) is 0 Å². The summed E-state index contributed by atoms with van der Waals surface area (Å²) in [6.45, 7) is 2.96. The van der Waals surface area contributed by atoms with Crippen LogP contribution >= 0.6 is 0 Å². The van der Waals surface area contributed by atoms with Gasteiger partial charge in [-0.3, -0.25) is 4.99 Å². The molecule has 0 spiro atoms. The van der Waals surface area contributed by atoms with Crippen molar-refractivity contribution in [2.75, 3.05) is 6.54 Å². The molecule has 1 heteroatoms. The smallest absolute Gasteiger partial charge is 0.0576 e. The highest BCUT2D eigenvalue weighted by Gasteiger charge is 1.88. The van der Waals surface area contributed by atoms with Gasteiger partial charge in [0.1, 0.15) is 0 Å². The van der Waals surface area contributed by atoms with Gasteiger partial charge in [0.25, 0.3) is 0 Å². The van der Waals surface area contributed by atoms with Gasteiger partial charge in [-0.2, -0.15) is 0 Å². The van der Waals surface area contributed by atoms with E-state index in [1.807, 2.05) is 12.2 Å². The standard InChI is InChI=1S/C8H11N/c1-2-8-6-4-3-5-7-9-8/h3-6H,2,7H2,1H3. The molecular formula is C8H11N. The summed E-state index contributed by atoms with van der Waals surface area (Å²) in [5.41, 5.74) is 1.19. The number of rotatable bonds is 1. The lowest BCUT2D eigenvalue weighted by Gasteiger charge is -1.90. The average Bonchev–Trinajstić information content (AvgIpc) is 2.13. The first-order valence-electron chi connectivity index (χ1n) is 3.30. The predicted molar refractivity (Wildman–Crippen MR) is 40.9 cm³/mol. The first-order valence-corrected chi connectivity index (χ1v) is 3.30. The van der Waals surface area contributed by atoms with E-state index in [0.717, 1.165) is 13.0 Å². The highest BCUT2D eigenvalue weighted by molar-refractivity contribution is 5.95. The van der Waals surface area contributed by atoms with E-state index in [1.165, 1.54) is 5.71 Å². The summed E-state index contributed by atoms with van der Waals surface area (Å²) in [5, 5.41) is 0. The minimum absolute atomic E-state index is 0.843. The van der Waals surface area contributed by atoms with E-state index < -0.39 is 0 Å². The highest BCUT2D eigenvalue weighted by atomic mass is 14.7. The molecule has 0 bridgehead atoms. The quantitative estimate of drug-likeness (QED) is 0.503. The van der Waals surface area contributed by atoms with Crippen LogP contribution < -0.4 is 0 Å². The zero-order valence-electron chi connectivity index (χ0n) is 5.67. The third-order valence-electron chi connectivity index (χ3n) is 1.30. The maximum absolute atomic E-state index is 4.28. The molecule has 1 nitrogen and oxygen atoms in total. The molecule has 0 aromatic heterocycles. The van der Waals surface area contributed by atoms with E-state index in [2.05, 4.69) is 24.1 Å². The Morgan fingerprint density at radius 1 is 1.56 bits per heavy atom. The van der Waals surface area contributed by atoms with Crippen molar-refractivity contribution >= 4 is 5.71 Å². The minimum atomic E-state index is 0.843. The second kappa shape index (κ2) is 3.23. The van der Waals surface area contributed by atoms with Crippen LogP contribution in [0.2, 0.25) is 0 Å². The molecule has 0 atom stereocenters.